The van der Waals surface area contributed by atoms with E-state index in [0.29, 0.717) is 11.3 Å². The van der Waals surface area contributed by atoms with Crippen LogP contribution in [0.3, 0.4) is 0 Å². The van der Waals surface area contributed by atoms with E-state index < -0.39 is 5.97 Å². The first-order chi connectivity index (χ1) is 15.3. The SMILES string of the molecule is COC(=O)C1=C(C)N=C2SC=C(CC(=O)N3CCN(C)CC3)N2[C@H]1c1ccc(C)cc1C. The van der Waals surface area contributed by atoms with Gasteiger partial charge in [-0.3, -0.25) is 4.79 Å². The van der Waals surface area contributed by atoms with Gasteiger partial charge >= 0.3 is 5.97 Å². The first-order valence-corrected chi connectivity index (χ1v) is 11.7. The van der Waals surface area contributed by atoms with Crippen molar-refractivity contribution in [3.63, 3.8) is 0 Å². The van der Waals surface area contributed by atoms with E-state index in [1.54, 1.807) is 0 Å². The molecule has 170 valence electrons. The molecule has 7 nitrogen and oxygen atoms in total. The number of nitrogens with zero attached hydrogens (tertiary/aromatic N) is 4. The average molecular weight is 455 g/mol. The number of carbonyl (C=O) groups is 2. The van der Waals surface area contributed by atoms with Gasteiger partial charge in [-0.2, -0.15) is 0 Å². The number of hydrogen-bond donors (Lipinski definition) is 0. The smallest absolute Gasteiger partial charge is 0.338 e. The molecule has 1 saturated heterocycles. The van der Waals surface area contributed by atoms with Crippen molar-refractivity contribution < 1.29 is 14.3 Å². The highest BCUT2D eigenvalue weighted by atomic mass is 32.2. The zero-order valence-corrected chi connectivity index (χ0v) is 20.2. The predicted molar refractivity (Wildman–Crippen MR) is 127 cm³/mol. The van der Waals surface area contributed by atoms with Gasteiger partial charge in [0.25, 0.3) is 0 Å². The van der Waals surface area contributed by atoms with Crippen LogP contribution in [-0.2, 0) is 14.3 Å². The minimum Gasteiger partial charge on any atom is -0.466 e. The minimum absolute atomic E-state index is 0.108. The number of thioether (sulfide) groups is 1. The number of fused-ring (bicyclic) bond motifs is 1. The monoisotopic (exact) mass is 454 g/mol. The lowest BCUT2D eigenvalue weighted by Crippen LogP contribution is -2.47. The summed E-state index contributed by atoms with van der Waals surface area (Å²) in [7, 11) is 3.47. The molecule has 1 aromatic carbocycles. The van der Waals surface area contributed by atoms with Gasteiger partial charge < -0.3 is 19.4 Å². The third-order valence-corrected chi connectivity index (χ3v) is 7.20. The molecule has 8 heteroatoms. The second kappa shape index (κ2) is 9.11. The number of esters is 1. The number of benzene rings is 1. The maximum absolute atomic E-state index is 13.1. The summed E-state index contributed by atoms with van der Waals surface area (Å²) in [6, 6.07) is 5.86. The highest BCUT2D eigenvalue weighted by Crippen LogP contribution is 2.45. The van der Waals surface area contributed by atoms with Crippen molar-refractivity contribution in [3.05, 3.63) is 57.3 Å². The molecule has 1 fully saturated rings. The fourth-order valence-corrected chi connectivity index (χ4v) is 5.45. The molecule has 3 aliphatic rings. The van der Waals surface area contributed by atoms with E-state index in [0.717, 1.165) is 53.7 Å². The number of amides is 1. The molecule has 0 aromatic heterocycles. The van der Waals surface area contributed by atoms with E-state index in [2.05, 4.69) is 48.9 Å². The Labute approximate surface area is 193 Å². The highest BCUT2D eigenvalue weighted by molar-refractivity contribution is 8.16. The minimum atomic E-state index is -0.392. The molecular formula is C24H30N4O3S. The van der Waals surface area contributed by atoms with Crippen LogP contribution in [0.5, 0.6) is 0 Å². The average Bonchev–Trinajstić information content (AvgIpc) is 3.15. The normalized spacial score (nSPS) is 21.3. The molecule has 3 heterocycles. The van der Waals surface area contributed by atoms with Crippen molar-refractivity contribution in [1.29, 1.82) is 0 Å². The van der Waals surface area contributed by atoms with Crippen molar-refractivity contribution in [2.45, 2.75) is 33.2 Å². The number of hydrogen-bond acceptors (Lipinski definition) is 7. The Morgan fingerprint density at radius 1 is 1.16 bits per heavy atom. The molecule has 0 spiro atoms. The van der Waals surface area contributed by atoms with Gasteiger partial charge in [-0.1, -0.05) is 35.5 Å². The number of rotatable bonds is 4. The quantitative estimate of drug-likeness (QED) is 0.651. The molecule has 0 aliphatic carbocycles. The number of carbonyl (C=O) groups excluding carboxylic acids is 2. The van der Waals surface area contributed by atoms with Crippen LogP contribution in [0.25, 0.3) is 0 Å². The van der Waals surface area contributed by atoms with Gasteiger partial charge in [0.15, 0.2) is 5.17 Å². The van der Waals surface area contributed by atoms with Crippen LogP contribution in [0.4, 0.5) is 0 Å². The molecule has 4 rings (SSSR count). The van der Waals surface area contributed by atoms with E-state index in [1.807, 2.05) is 17.2 Å². The van der Waals surface area contributed by atoms with Gasteiger partial charge in [0.05, 0.1) is 30.8 Å². The van der Waals surface area contributed by atoms with Crippen LogP contribution >= 0.6 is 11.8 Å². The maximum atomic E-state index is 13.1. The molecular weight excluding hydrogens is 424 g/mol. The van der Waals surface area contributed by atoms with Crippen molar-refractivity contribution in [3.8, 4) is 0 Å². The Morgan fingerprint density at radius 2 is 1.88 bits per heavy atom. The van der Waals surface area contributed by atoms with Gasteiger partial charge in [-0.15, -0.1) is 0 Å². The van der Waals surface area contributed by atoms with E-state index >= 15 is 0 Å². The summed E-state index contributed by atoms with van der Waals surface area (Å²) in [5.74, 6) is -0.284. The summed E-state index contributed by atoms with van der Waals surface area (Å²) in [4.78, 5) is 36.9. The summed E-state index contributed by atoms with van der Waals surface area (Å²) in [6.07, 6.45) is 0.282. The number of amidine groups is 1. The van der Waals surface area contributed by atoms with Crippen molar-refractivity contribution in [2.24, 2.45) is 4.99 Å². The van der Waals surface area contributed by atoms with Gasteiger partial charge in [0, 0.05) is 31.9 Å². The topological polar surface area (TPSA) is 65.5 Å². The molecule has 0 bridgehead atoms. The Balaban J connectivity index is 1.69. The largest absolute Gasteiger partial charge is 0.466 e. The number of allylic oxidation sites excluding steroid dienone is 1. The lowest BCUT2D eigenvalue weighted by Gasteiger charge is -2.38. The Bertz CT molecular complexity index is 1040. The summed E-state index contributed by atoms with van der Waals surface area (Å²) in [5, 5.41) is 2.79. The number of ether oxygens (including phenoxy) is 1. The van der Waals surface area contributed by atoms with E-state index in [1.165, 1.54) is 18.9 Å². The summed E-state index contributed by atoms with van der Waals surface area (Å²) in [6.45, 7) is 9.21. The number of piperazine rings is 1. The van der Waals surface area contributed by atoms with Gasteiger partial charge in [0.1, 0.15) is 0 Å². The third-order valence-electron chi connectivity index (χ3n) is 6.31. The zero-order valence-electron chi connectivity index (χ0n) is 19.3. The molecule has 0 unspecified atom stereocenters. The fourth-order valence-electron chi connectivity index (χ4n) is 4.49. The fraction of sp³-hybridized carbons (Fsp3) is 0.458. The van der Waals surface area contributed by atoms with Gasteiger partial charge in [0.2, 0.25) is 5.91 Å². The van der Waals surface area contributed by atoms with Crippen LogP contribution in [0.2, 0.25) is 0 Å². The first-order valence-electron chi connectivity index (χ1n) is 10.9. The molecule has 1 amide bonds. The molecule has 3 aliphatic heterocycles. The third kappa shape index (κ3) is 4.21. The van der Waals surface area contributed by atoms with Crippen LogP contribution in [0, 0.1) is 13.8 Å². The van der Waals surface area contributed by atoms with E-state index in [4.69, 9.17) is 9.73 Å². The standard InChI is InChI=1S/C24H30N4O3S/c1-15-6-7-19(16(2)12-15)22-21(23(30)31-5)17(3)25-24-28(22)18(14-32-24)13-20(29)27-10-8-26(4)9-11-27/h6-7,12,14,22H,8-11,13H2,1-5H3/t22-/m0/s1. The lowest BCUT2D eigenvalue weighted by atomic mass is 9.90. The van der Waals surface area contributed by atoms with Gasteiger partial charge in [-0.05, 0) is 44.4 Å². The Morgan fingerprint density at radius 3 is 2.53 bits per heavy atom. The second-order valence-electron chi connectivity index (χ2n) is 8.61. The molecule has 0 saturated carbocycles. The van der Waals surface area contributed by atoms with Crippen molar-refractivity contribution in [1.82, 2.24) is 14.7 Å². The Kier molecular flexibility index (Phi) is 6.44. The van der Waals surface area contributed by atoms with E-state index in [9.17, 15) is 9.59 Å². The summed E-state index contributed by atoms with van der Waals surface area (Å²) < 4.78 is 5.15. The maximum Gasteiger partial charge on any atom is 0.338 e. The van der Waals surface area contributed by atoms with Crippen molar-refractivity contribution >= 4 is 28.8 Å². The molecule has 32 heavy (non-hydrogen) atoms. The molecule has 0 radical (unpaired) electrons. The molecule has 1 aromatic rings. The molecule has 0 N–H and O–H groups in total. The Hall–Kier alpha value is -2.58. The molecule has 1 atom stereocenters. The highest BCUT2D eigenvalue weighted by Gasteiger charge is 2.41. The number of aliphatic imine (C=N–C) groups is 1. The van der Waals surface area contributed by atoms with Crippen LogP contribution in [0.1, 0.15) is 36.1 Å². The number of likely N-dealkylation sites (N-methyl/N-ethyl adjacent to an activating group) is 1. The van der Waals surface area contributed by atoms with Crippen LogP contribution in [0.15, 0.2) is 45.6 Å². The number of aryl methyl sites for hydroxylation is 2. The first kappa shape index (κ1) is 22.6. The van der Waals surface area contributed by atoms with Crippen LogP contribution in [-0.4, -0.2) is 72.1 Å². The van der Waals surface area contributed by atoms with E-state index in [-0.39, 0.29) is 18.4 Å². The predicted octanol–water partition coefficient (Wildman–Crippen LogP) is 3.22. The van der Waals surface area contributed by atoms with Crippen LogP contribution < -0.4 is 0 Å². The summed E-state index contributed by atoms with van der Waals surface area (Å²) >= 11 is 1.50. The number of methoxy groups -OCH3 is 1. The van der Waals surface area contributed by atoms with Gasteiger partial charge in [-0.25, -0.2) is 9.79 Å². The lowest BCUT2D eigenvalue weighted by molar-refractivity contribution is -0.136. The second-order valence-corrected chi connectivity index (χ2v) is 9.44. The zero-order chi connectivity index (χ0) is 23.0. The summed E-state index contributed by atoms with van der Waals surface area (Å²) in [5.41, 5.74) is 5.31. The van der Waals surface area contributed by atoms with Crippen molar-refractivity contribution in [2.75, 3.05) is 40.3 Å².